The molecule has 1 aliphatic heterocycles. The smallest absolute Gasteiger partial charge is 0.226 e. The first kappa shape index (κ1) is 11.5. The molecule has 14 heavy (non-hydrogen) atoms. The van der Waals surface area contributed by atoms with Crippen LogP contribution in [0.3, 0.4) is 0 Å². The van der Waals surface area contributed by atoms with Gasteiger partial charge in [-0.15, -0.1) is 0 Å². The first-order valence-electron chi connectivity index (χ1n) is 5.24. The highest BCUT2D eigenvalue weighted by Crippen LogP contribution is 2.05. The predicted octanol–water partition coefficient (Wildman–Crippen LogP) is 0.0908. The van der Waals surface area contributed by atoms with Crippen molar-refractivity contribution < 1.29 is 9.53 Å². The van der Waals surface area contributed by atoms with Crippen molar-refractivity contribution in [3.8, 4) is 0 Å². The van der Waals surface area contributed by atoms with Gasteiger partial charge in [-0.25, -0.2) is 0 Å². The van der Waals surface area contributed by atoms with Gasteiger partial charge in [0.2, 0.25) is 5.91 Å². The predicted molar refractivity (Wildman–Crippen MR) is 55.1 cm³/mol. The number of carbonyl (C=O) groups excluding carboxylic acids is 1. The van der Waals surface area contributed by atoms with E-state index in [4.69, 9.17) is 4.74 Å². The quantitative estimate of drug-likeness (QED) is 0.702. The second-order valence-corrected chi connectivity index (χ2v) is 3.78. The number of hydrogen-bond donors (Lipinski definition) is 1. The molecule has 1 aliphatic rings. The van der Waals surface area contributed by atoms with Gasteiger partial charge in [-0.2, -0.15) is 0 Å². The van der Waals surface area contributed by atoms with Crippen molar-refractivity contribution >= 4 is 5.91 Å². The van der Waals surface area contributed by atoms with Gasteiger partial charge in [0.25, 0.3) is 0 Å². The van der Waals surface area contributed by atoms with Crippen LogP contribution in [0.15, 0.2) is 0 Å². The third kappa shape index (κ3) is 3.27. The van der Waals surface area contributed by atoms with Gasteiger partial charge >= 0.3 is 0 Å². The van der Waals surface area contributed by atoms with E-state index in [0.29, 0.717) is 6.61 Å². The molecule has 1 fully saturated rings. The highest BCUT2D eigenvalue weighted by molar-refractivity contribution is 5.78. The lowest BCUT2D eigenvalue weighted by atomic mass is 10.1. The Bertz CT molecular complexity index is 183. The number of hydrogen-bond acceptors (Lipinski definition) is 3. The van der Waals surface area contributed by atoms with Gasteiger partial charge in [-0.3, -0.25) is 4.79 Å². The van der Waals surface area contributed by atoms with Gasteiger partial charge < -0.3 is 15.0 Å². The van der Waals surface area contributed by atoms with Crippen molar-refractivity contribution in [2.75, 3.05) is 39.9 Å². The number of nitrogens with zero attached hydrogens (tertiary/aromatic N) is 1. The first-order chi connectivity index (χ1) is 6.75. The molecule has 0 spiro atoms. The van der Waals surface area contributed by atoms with Crippen molar-refractivity contribution in [2.24, 2.45) is 5.92 Å². The monoisotopic (exact) mass is 200 g/mol. The lowest BCUT2D eigenvalue weighted by Gasteiger charge is -2.28. The third-order valence-corrected chi connectivity index (χ3v) is 2.53. The fourth-order valence-corrected chi connectivity index (χ4v) is 1.65. The van der Waals surface area contributed by atoms with Crippen LogP contribution in [-0.4, -0.2) is 50.7 Å². The minimum Gasteiger partial charge on any atom is -0.383 e. The summed E-state index contributed by atoms with van der Waals surface area (Å²) in [5, 5.41) is 3.27. The van der Waals surface area contributed by atoms with Crippen LogP contribution in [-0.2, 0) is 9.53 Å². The van der Waals surface area contributed by atoms with Gasteiger partial charge in [0.05, 0.1) is 6.61 Å². The Morgan fingerprint density at radius 1 is 1.64 bits per heavy atom. The van der Waals surface area contributed by atoms with E-state index in [2.05, 4.69) is 5.32 Å². The maximum absolute atomic E-state index is 11.8. The summed E-state index contributed by atoms with van der Waals surface area (Å²) in [5.74, 6) is 0.335. The molecule has 0 bridgehead atoms. The molecule has 0 saturated carbocycles. The average molecular weight is 200 g/mol. The number of carbonyl (C=O) groups is 1. The maximum atomic E-state index is 11.8. The molecule has 0 aromatic carbocycles. The third-order valence-electron chi connectivity index (χ3n) is 2.53. The van der Waals surface area contributed by atoms with Crippen LogP contribution < -0.4 is 5.32 Å². The molecule has 1 rings (SSSR count). The summed E-state index contributed by atoms with van der Waals surface area (Å²) in [5.41, 5.74) is 0. The Hall–Kier alpha value is -0.610. The minimum atomic E-state index is 0.0900. The van der Waals surface area contributed by atoms with Crippen molar-refractivity contribution in [1.29, 1.82) is 0 Å². The summed E-state index contributed by atoms with van der Waals surface area (Å²) >= 11 is 0. The second kappa shape index (κ2) is 5.98. The number of nitrogens with one attached hydrogen (secondary N) is 1. The number of methoxy groups -OCH3 is 1. The van der Waals surface area contributed by atoms with Crippen LogP contribution in [0.1, 0.15) is 13.3 Å². The lowest BCUT2D eigenvalue weighted by molar-refractivity contribution is -0.136. The summed E-state index contributed by atoms with van der Waals surface area (Å²) < 4.78 is 4.99. The minimum absolute atomic E-state index is 0.0900. The van der Waals surface area contributed by atoms with Gasteiger partial charge in [-0.05, 0) is 13.0 Å². The molecule has 1 saturated heterocycles. The summed E-state index contributed by atoms with van der Waals surface area (Å²) in [6, 6.07) is 0. The lowest BCUT2D eigenvalue weighted by Crippen LogP contribution is -2.44. The van der Waals surface area contributed by atoms with Crippen molar-refractivity contribution in [3.05, 3.63) is 0 Å². The van der Waals surface area contributed by atoms with Crippen LogP contribution in [0, 0.1) is 5.92 Å². The number of amides is 1. The fourth-order valence-electron chi connectivity index (χ4n) is 1.65. The molecular formula is C10H20N2O2. The van der Waals surface area contributed by atoms with Gasteiger partial charge in [0.1, 0.15) is 0 Å². The SMILES string of the molecule is COCCN1CCCNCC(C)C1=O. The standard InChI is InChI=1S/C10H20N2O2/c1-9-8-11-4-3-5-12(10(9)13)6-7-14-2/h9,11H,3-8H2,1-2H3. The van der Waals surface area contributed by atoms with E-state index in [1.165, 1.54) is 0 Å². The van der Waals surface area contributed by atoms with Crippen LogP contribution in [0.25, 0.3) is 0 Å². The number of rotatable bonds is 3. The Kier molecular flexibility index (Phi) is 4.90. The molecule has 4 nitrogen and oxygen atoms in total. The van der Waals surface area contributed by atoms with Gasteiger partial charge in [0, 0.05) is 32.7 Å². The zero-order valence-electron chi connectivity index (χ0n) is 9.08. The molecule has 1 atom stereocenters. The molecule has 1 heterocycles. The van der Waals surface area contributed by atoms with E-state index in [1.807, 2.05) is 11.8 Å². The topological polar surface area (TPSA) is 41.6 Å². The second-order valence-electron chi connectivity index (χ2n) is 3.78. The molecule has 0 radical (unpaired) electrons. The highest BCUT2D eigenvalue weighted by Gasteiger charge is 2.21. The molecule has 4 heteroatoms. The zero-order valence-corrected chi connectivity index (χ0v) is 9.08. The summed E-state index contributed by atoms with van der Waals surface area (Å²) in [4.78, 5) is 13.7. The molecule has 1 amide bonds. The fraction of sp³-hybridized carbons (Fsp3) is 0.900. The van der Waals surface area contributed by atoms with Crippen LogP contribution >= 0.6 is 0 Å². The summed E-state index contributed by atoms with van der Waals surface area (Å²) in [6.07, 6.45) is 1.03. The zero-order chi connectivity index (χ0) is 10.4. The highest BCUT2D eigenvalue weighted by atomic mass is 16.5. The molecule has 0 aliphatic carbocycles. The van der Waals surface area contributed by atoms with Crippen LogP contribution in [0.4, 0.5) is 0 Å². The molecule has 1 unspecified atom stereocenters. The van der Waals surface area contributed by atoms with Crippen molar-refractivity contribution in [3.63, 3.8) is 0 Å². The largest absolute Gasteiger partial charge is 0.383 e. The molecule has 0 aromatic heterocycles. The van der Waals surface area contributed by atoms with Crippen molar-refractivity contribution in [2.45, 2.75) is 13.3 Å². The van der Waals surface area contributed by atoms with E-state index in [9.17, 15) is 4.79 Å². The Balaban J connectivity index is 2.46. The van der Waals surface area contributed by atoms with E-state index in [-0.39, 0.29) is 11.8 Å². The van der Waals surface area contributed by atoms with E-state index in [1.54, 1.807) is 7.11 Å². The summed E-state index contributed by atoms with van der Waals surface area (Å²) in [7, 11) is 1.67. The van der Waals surface area contributed by atoms with Crippen LogP contribution in [0.5, 0.6) is 0 Å². The van der Waals surface area contributed by atoms with Crippen molar-refractivity contribution in [1.82, 2.24) is 10.2 Å². The normalized spacial score (nSPS) is 24.6. The molecule has 82 valence electrons. The summed E-state index contributed by atoms with van der Waals surface area (Å²) in [6.45, 7) is 5.97. The Labute approximate surface area is 85.6 Å². The van der Waals surface area contributed by atoms with Gasteiger partial charge in [0.15, 0.2) is 0 Å². The van der Waals surface area contributed by atoms with E-state index >= 15 is 0 Å². The molecule has 0 aromatic rings. The average Bonchev–Trinajstić information content (AvgIpc) is 2.19. The van der Waals surface area contributed by atoms with Gasteiger partial charge in [-0.1, -0.05) is 6.92 Å². The first-order valence-corrected chi connectivity index (χ1v) is 5.24. The van der Waals surface area contributed by atoms with E-state index < -0.39 is 0 Å². The Morgan fingerprint density at radius 2 is 2.43 bits per heavy atom. The van der Waals surface area contributed by atoms with E-state index in [0.717, 1.165) is 32.6 Å². The maximum Gasteiger partial charge on any atom is 0.226 e. The number of ether oxygens (including phenoxy) is 1. The molecule has 1 N–H and O–H groups in total. The Morgan fingerprint density at radius 3 is 3.14 bits per heavy atom. The van der Waals surface area contributed by atoms with Crippen LogP contribution in [0.2, 0.25) is 0 Å². The molecular weight excluding hydrogens is 180 g/mol.